The normalized spacial score (nSPS) is 12.9. The maximum atomic E-state index is 5.92. The Labute approximate surface area is 98.2 Å². The molecule has 0 aliphatic heterocycles. The number of aryl methyl sites for hydroxylation is 1. The number of nitrogens with zero attached hydrogens (tertiary/aromatic N) is 1. The second-order valence-electron chi connectivity index (χ2n) is 4.43. The maximum Gasteiger partial charge on any atom is 0.127 e. The third kappa shape index (κ3) is 3.51. The van der Waals surface area contributed by atoms with E-state index in [2.05, 4.69) is 17.9 Å². The fourth-order valence-electron chi connectivity index (χ4n) is 1.56. The van der Waals surface area contributed by atoms with E-state index in [4.69, 9.17) is 10.5 Å². The van der Waals surface area contributed by atoms with E-state index in [9.17, 15) is 0 Å². The molecule has 90 valence electrons. The summed E-state index contributed by atoms with van der Waals surface area (Å²) in [6.07, 6.45) is 0. The molecule has 0 heterocycles. The van der Waals surface area contributed by atoms with Crippen molar-refractivity contribution in [1.82, 2.24) is 4.90 Å². The fraction of sp³-hybridized carbons (Fsp3) is 0.538. The number of rotatable bonds is 5. The highest BCUT2D eigenvalue weighted by Crippen LogP contribution is 2.27. The molecule has 1 aromatic carbocycles. The van der Waals surface area contributed by atoms with Crippen molar-refractivity contribution in [2.24, 2.45) is 5.73 Å². The number of hydrogen-bond acceptors (Lipinski definition) is 3. The molecule has 1 rings (SSSR count). The quantitative estimate of drug-likeness (QED) is 0.827. The molecule has 0 aromatic heterocycles. The Kier molecular flexibility index (Phi) is 4.77. The molecule has 16 heavy (non-hydrogen) atoms. The molecule has 3 heteroatoms. The Bertz CT molecular complexity index is 335. The van der Waals surface area contributed by atoms with Crippen LogP contribution in [0.1, 0.15) is 24.1 Å². The van der Waals surface area contributed by atoms with Gasteiger partial charge in [-0.15, -0.1) is 0 Å². The molecule has 0 fully saturated rings. The monoisotopic (exact) mass is 222 g/mol. The molecule has 0 bridgehead atoms. The van der Waals surface area contributed by atoms with Crippen LogP contribution >= 0.6 is 0 Å². The van der Waals surface area contributed by atoms with E-state index >= 15 is 0 Å². The SMILES string of the molecule is Cc1cccc(C(C)N)c1OCCN(C)C. The summed E-state index contributed by atoms with van der Waals surface area (Å²) in [4.78, 5) is 2.10. The van der Waals surface area contributed by atoms with Crippen molar-refractivity contribution >= 4 is 0 Å². The van der Waals surface area contributed by atoms with Gasteiger partial charge in [0.25, 0.3) is 0 Å². The van der Waals surface area contributed by atoms with Crippen LogP contribution < -0.4 is 10.5 Å². The fourth-order valence-corrected chi connectivity index (χ4v) is 1.56. The molecule has 0 saturated heterocycles. The predicted molar refractivity (Wildman–Crippen MR) is 67.8 cm³/mol. The van der Waals surface area contributed by atoms with Gasteiger partial charge in [-0.2, -0.15) is 0 Å². The largest absolute Gasteiger partial charge is 0.492 e. The van der Waals surface area contributed by atoms with Gasteiger partial charge in [0.15, 0.2) is 0 Å². The Morgan fingerprint density at radius 2 is 2.06 bits per heavy atom. The van der Waals surface area contributed by atoms with Crippen LogP contribution in [-0.4, -0.2) is 32.1 Å². The molecule has 0 spiro atoms. The minimum atomic E-state index is 0.00857. The number of likely N-dealkylation sites (N-methyl/N-ethyl adjacent to an activating group) is 1. The number of benzene rings is 1. The van der Waals surface area contributed by atoms with Gasteiger partial charge in [-0.1, -0.05) is 18.2 Å². The van der Waals surface area contributed by atoms with Gasteiger partial charge < -0.3 is 15.4 Å². The van der Waals surface area contributed by atoms with Gasteiger partial charge in [0, 0.05) is 18.2 Å². The number of hydrogen-bond donors (Lipinski definition) is 1. The number of ether oxygens (including phenoxy) is 1. The summed E-state index contributed by atoms with van der Waals surface area (Å²) in [7, 11) is 4.07. The molecule has 1 aromatic rings. The second kappa shape index (κ2) is 5.87. The lowest BCUT2D eigenvalue weighted by Gasteiger charge is -2.17. The average molecular weight is 222 g/mol. The third-order valence-electron chi connectivity index (χ3n) is 2.52. The van der Waals surface area contributed by atoms with Crippen molar-refractivity contribution in [3.8, 4) is 5.75 Å². The molecular weight excluding hydrogens is 200 g/mol. The Morgan fingerprint density at radius 3 is 2.62 bits per heavy atom. The smallest absolute Gasteiger partial charge is 0.127 e. The molecule has 0 amide bonds. The summed E-state index contributed by atoms with van der Waals surface area (Å²) < 4.78 is 5.82. The summed E-state index contributed by atoms with van der Waals surface area (Å²) in [6, 6.07) is 6.11. The Morgan fingerprint density at radius 1 is 1.38 bits per heavy atom. The summed E-state index contributed by atoms with van der Waals surface area (Å²) in [6.45, 7) is 5.63. The van der Waals surface area contributed by atoms with E-state index in [-0.39, 0.29) is 6.04 Å². The zero-order chi connectivity index (χ0) is 12.1. The maximum absolute atomic E-state index is 5.92. The first-order valence-corrected chi connectivity index (χ1v) is 5.65. The summed E-state index contributed by atoms with van der Waals surface area (Å²) in [5.41, 5.74) is 8.15. The van der Waals surface area contributed by atoms with Crippen molar-refractivity contribution in [1.29, 1.82) is 0 Å². The zero-order valence-electron chi connectivity index (χ0n) is 10.7. The van der Waals surface area contributed by atoms with Gasteiger partial charge in [-0.05, 0) is 33.5 Å². The van der Waals surface area contributed by atoms with Gasteiger partial charge in [0.1, 0.15) is 12.4 Å². The third-order valence-corrected chi connectivity index (χ3v) is 2.52. The molecule has 0 radical (unpaired) electrons. The van der Waals surface area contributed by atoms with Crippen LogP contribution in [0, 0.1) is 6.92 Å². The van der Waals surface area contributed by atoms with E-state index in [1.165, 1.54) is 0 Å². The van der Waals surface area contributed by atoms with E-state index < -0.39 is 0 Å². The lowest BCUT2D eigenvalue weighted by Crippen LogP contribution is -2.20. The minimum Gasteiger partial charge on any atom is -0.492 e. The summed E-state index contributed by atoms with van der Waals surface area (Å²) in [5.74, 6) is 0.944. The lowest BCUT2D eigenvalue weighted by molar-refractivity contribution is 0.257. The van der Waals surface area contributed by atoms with Gasteiger partial charge in [-0.25, -0.2) is 0 Å². The first-order chi connectivity index (χ1) is 7.52. The highest BCUT2D eigenvalue weighted by molar-refractivity contribution is 5.42. The molecule has 0 saturated carbocycles. The van der Waals surface area contributed by atoms with Gasteiger partial charge >= 0.3 is 0 Å². The van der Waals surface area contributed by atoms with Crippen LogP contribution in [0.2, 0.25) is 0 Å². The number of nitrogens with two attached hydrogens (primary N) is 1. The Hall–Kier alpha value is -1.06. The van der Waals surface area contributed by atoms with Crippen molar-refractivity contribution in [2.45, 2.75) is 19.9 Å². The average Bonchev–Trinajstić information content (AvgIpc) is 2.19. The Balaban J connectivity index is 2.76. The van der Waals surface area contributed by atoms with Gasteiger partial charge in [0.2, 0.25) is 0 Å². The predicted octanol–water partition coefficient (Wildman–Crippen LogP) is 1.96. The lowest BCUT2D eigenvalue weighted by atomic mass is 10.0. The molecule has 0 aliphatic carbocycles. The second-order valence-corrected chi connectivity index (χ2v) is 4.43. The molecule has 3 nitrogen and oxygen atoms in total. The molecule has 2 N–H and O–H groups in total. The van der Waals surface area contributed by atoms with E-state index in [1.807, 2.05) is 33.2 Å². The highest BCUT2D eigenvalue weighted by Gasteiger charge is 2.10. The van der Waals surface area contributed by atoms with Crippen molar-refractivity contribution in [2.75, 3.05) is 27.2 Å². The van der Waals surface area contributed by atoms with Crippen LogP contribution in [0.25, 0.3) is 0 Å². The van der Waals surface area contributed by atoms with Crippen LogP contribution in [0.5, 0.6) is 5.75 Å². The topological polar surface area (TPSA) is 38.5 Å². The van der Waals surface area contributed by atoms with E-state index in [0.29, 0.717) is 6.61 Å². The summed E-state index contributed by atoms with van der Waals surface area (Å²) in [5, 5.41) is 0. The minimum absolute atomic E-state index is 0.00857. The van der Waals surface area contributed by atoms with Crippen molar-refractivity contribution in [3.05, 3.63) is 29.3 Å². The summed E-state index contributed by atoms with van der Waals surface area (Å²) >= 11 is 0. The van der Waals surface area contributed by atoms with Gasteiger partial charge in [-0.3, -0.25) is 0 Å². The first-order valence-electron chi connectivity index (χ1n) is 5.65. The molecular formula is C13H22N2O. The van der Waals surface area contributed by atoms with E-state index in [0.717, 1.165) is 23.4 Å². The number of para-hydroxylation sites is 1. The van der Waals surface area contributed by atoms with Crippen LogP contribution in [0.15, 0.2) is 18.2 Å². The van der Waals surface area contributed by atoms with E-state index in [1.54, 1.807) is 0 Å². The van der Waals surface area contributed by atoms with Gasteiger partial charge in [0.05, 0.1) is 0 Å². The molecule has 1 atom stereocenters. The van der Waals surface area contributed by atoms with Crippen molar-refractivity contribution < 1.29 is 4.74 Å². The standard InChI is InChI=1S/C13H22N2O/c1-10-6-5-7-12(11(2)14)13(10)16-9-8-15(3)4/h5-7,11H,8-9,14H2,1-4H3. The molecule has 0 aliphatic rings. The van der Waals surface area contributed by atoms with Crippen LogP contribution in [0.4, 0.5) is 0 Å². The van der Waals surface area contributed by atoms with Crippen LogP contribution in [-0.2, 0) is 0 Å². The van der Waals surface area contributed by atoms with Crippen LogP contribution in [0.3, 0.4) is 0 Å². The van der Waals surface area contributed by atoms with Crippen molar-refractivity contribution in [3.63, 3.8) is 0 Å². The highest BCUT2D eigenvalue weighted by atomic mass is 16.5. The molecule has 1 unspecified atom stereocenters. The zero-order valence-corrected chi connectivity index (χ0v) is 10.7. The first kappa shape index (κ1) is 13.0.